The number of furan rings is 2. The van der Waals surface area contributed by atoms with Crippen LogP contribution in [0.2, 0.25) is 0 Å². The summed E-state index contributed by atoms with van der Waals surface area (Å²) in [6, 6.07) is 20.1. The van der Waals surface area contributed by atoms with E-state index in [0.29, 0.717) is 5.58 Å². The van der Waals surface area contributed by atoms with Crippen molar-refractivity contribution in [3.05, 3.63) is 96.1 Å². The first-order chi connectivity index (χ1) is 15.1. The van der Waals surface area contributed by atoms with Crippen LogP contribution in [-0.2, 0) is 16.0 Å². The van der Waals surface area contributed by atoms with E-state index in [4.69, 9.17) is 13.6 Å². The number of Topliss-reactive ketones (excluding diaryl/α,β-unsaturated/α-hetero) is 1. The number of esters is 1. The van der Waals surface area contributed by atoms with Gasteiger partial charge in [0, 0.05) is 11.8 Å². The highest BCUT2D eigenvalue weighted by molar-refractivity contribution is 5.99. The van der Waals surface area contributed by atoms with Crippen molar-refractivity contribution in [2.45, 2.75) is 12.5 Å². The molecule has 1 atom stereocenters. The molecule has 1 amide bonds. The van der Waals surface area contributed by atoms with Crippen molar-refractivity contribution in [3.8, 4) is 0 Å². The third-order valence-electron chi connectivity index (χ3n) is 4.66. The molecule has 7 heteroatoms. The van der Waals surface area contributed by atoms with Gasteiger partial charge in [0.15, 0.2) is 18.1 Å². The molecule has 0 aliphatic heterocycles. The molecule has 0 bridgehead atoms. The van der Waals surface area contributed by atoms with E-state index in [1.54, 1.807) is 24.3 Å². The van der Waals surface area contributed by atoms with Crippen LogP contribution in [0, 0.1) is 0 Å². The summed E-state index contributed by atoms with van der Waals surface area (Å²) in [7, 11) is 0. The summed E-state index contributed by atoms with van der Waals surface area (Å²) in [5.41, 5.74) is 1.40. The second-order valence-electron chi connectivity index (χ2n) is 6.87. The minimum absolute atomic E-state index is 0.0733. The zero-order valence-electron chi connectivity index (χ0n) is 16.4. The van der Waals surface area contributed by atoms with Gasteiger partial charge in [-0.25, -0.2) is 4.79 Å². The molecule has 0 saturated carbocycles. The Morgan fingerprint density at radius 3 is 2.42 bits per heavy atom. The summed E-state index contributed by atoms with van der Waals surface area (Å²) in [6.45, 7) is -0.499. The van der Waals surface area contributed by atoms with Gasteiger partial charge in [0.05, 0.1) is 6.26 Å². The van der Waals surface area contributed by atoms with Crippen molar-refractivity contribution < 1.29 is 28.0 Å². The van der Waals surface area contributed by atoms with Gasteiger partial charge in [0.2, 0.25) is 5.78 Å². The number of ketones is 1. The van der Waals surface area contributed by atoms with Crippen LogP contribution < -0.4 is 5.32 Å². The van der Waals surface area contributed by atoms with Gasteiger partial charge in [-0.2, -0.15) is 0 Å². The third kappa shape index (κ3) is 4.90. The molecule has 7 nitrogen and oxygen atoms in total. The number of fused-ring (bicyclic) bond motifs is 1. The predicted octanol–water partition coefficient (Wildman–Crippen LogP) is 3.79. The van der Waals surface area contributed by atoms with Crippen LogP contribution in [0.4, 0.5) is 0 Å². The number of benzene rings is 2. The largest absolute Gasteiger partial charge is 0.459 e. The molecule has 1 N–H and O–H groups in total. The lowest BCUT2D eigenvalue weighted by Crippen LogP contribution is -2.43. The number of carbonyl (C=O) groups excluding carboxylic acids is 3. The van der Waals surface area contributed by atoms with E-state index in [1.165, 1.54) is 12.3 Å². The highest BCUT2D eigenvalue weighted by Crippen LogP contribution is 2.19. The quantitative estimate of drug-likeness (QED) is 0.346. The van der Waals surface area contributed by atoms with Gasteiger partial charge < -0.3 is 18.9 Å². The summed E-state index contributed by atoms with van der Waals surface area (Å²) in [5, 5.41) is 3.39. The summed E-state index contributed by atoms with van der Waals surface area (Å²) >= 11 is 0. The molecular weight excluding hydrogens is 398 g/mol. The van der Waals surface area contributed by atoms with E-state index < -0.39 is 30.3 Å². The molecule has 0 unspecified atom stereocenters. The lowest BCUT2D eigenvalue weighted by atomic mass is 10.1. The van der Waals surface area contributed by atoms with Crippen LogP contribution in [-0.4, -0.2) is 30.3 Å². The molecule has 0 spiro atoms. The van der Waals surface area contributed by atoms with E-state index in [0.717, 1.165) is 10.9 Å². The molecule has 0 fully saturated rings. The molecular formula is C24H19NO6. The van der Waals surface area contributed by atoms with Crippen LogP contribution in [0.25, 0.3) is 11.0 Å². The second-order valence-corrected chi connectivity index (χ2v) is 6.87. The molecule has 0 radical (unpaired) electrons. The maximum atomic E-state index is 12.7. The molecule has 4 rings (SSSR count). The zero-order valence-corrected chi connectivity index (χ0v) is 16.4. The van der Waals surface area contributed by atoms with E-state index in [1.807, 2.05) is 42.5 Å². The third-order valence-corrected chi connectivity index (χ3v) is 4.66. The summed E-state index contributed by atoms with van der Waals surface area (Å²) in [6.07, 6.45) is 1.57. The van der Waals surface area contributed by atoms with Gasteiger partial charge in [-0.15, -0.1) is 0 Å². The smallest absolute Gasteiger partial charge is 0.329 e. The van der Waals surface area contributed by atoms with Crippen LogP contribution in [0.5, 0.6) is 0 Å². The monoisotopic (exact) mass is 417 g/mol. The Labute approximate surface area is 177 Å². The van der Waals surface area contributed by atoms with Crippen LogP contribution in [0.3, 0.4) is 0 Å². The number of carbonyl (C=O) groups is 3. The van der Waals surface area contributed by atoms with Crippen LogP contribution in [0.15, 0.2) is 87.9 Å². The molecule has 0 aliphatic carbocycles. The highest BCUT2D eigenvalue weighted by Gasteiger charge is 2.25. The molecule has 4 aromatic rings. The van der Waals surface area contributed by atoms with Crippen molar-refractivity contribution in [3.63, 3.8) is 0 Å². The maximum Gasteiger partial charge on any atom is 0.329 e. The number of amides is 1. The SMILES string of the molecule is O=C(COC(=O)[C@@H](Cc1ccccc1)NC(=O)c1ccco1)c1cc2ccccc2o1. The van der Waals surface area contributed by atoms with Gasteiger partial charge in [0.1, 0.15) is 11.6 Å². The molecule has 2 aromatic heterocycles. The van der Waals surface area contributed by atoms with Gasteiger partial charge in [0.25, 0.3) is 5.91 Å². The maximum absolute atomic E-state index is 12.7. The van der Waals surface area contributed by atoms with Gasteiger partial charge in [-0.1, -0.05) is 48.5 Å². The Bertz CT molecular complexity index is 1160. The first kappa shape index (κ1) is 20.2. The molecule has 0 saturated heterocycles. The molecule has 156 valence electrons. The standard InChI is InChI=1S/C24H19NO6/c26-19(22-14-17-9-4-5-10-20(17)31-22)15-30-24(28)18(13-16-7-2-1-3-8-16)25-23(27)21-11-6-12-29-21/h1-12,14,18H,13,15H2,(H,25,27)/t18-/m1/s1. The van der Waals surface area contributed by atoms with E-state index in [9.17, 15) is 14.4 Å². The Morgan fingerprint density at radius 2 is 1.68 bits per heavy atom. The minimum Gasteiger partial charge on any atom is -0.459 e. The number of hydrogen-bond donors (Lipinski definition) is 1. The Hall–Kier alpha value is -4.13. The summed E-state index contributed by atoms with van der Waals surface area (Å²) in [4.78, 5) is 37.5. The number of para-hydroxylation sites is 1. The second kappa shape index (κ2) is 9.13. The Morgan fingerprint density at radius 1 is 0.903 bits per heavy atom. The van der Waals surface area contributed by atoms with Crippen molar-refractivity contribution in [1.29, 1.82) is 0 Å². The minimum atomic E-state index is -0.997. The fourth-order valence-electron chi connectivity index (χ4n) is 3.11. The van der Waals surface area contributed by atoms with Crippen molar-refractivity contribution >= 4 is 28.6 Å². The molecule has 2 aromatic carbocycles. The summed E-state index contributed by atoms with van der Waals surface area (Å²) < 4.78 is 15.8. The van der Waals surface area contributed by atoms with Gasteiger partial charge >= 0.3 is 5.97 Å². The zero-order chi connectivity index (χ0) is 21.6. The number of hydrogen-bond acceptors (Lipinski definition) is 6. The average molecular weight is 417 g/mol. The topological polar surface area (TPSA) is 98.8 Å². The normalized spacial score (nSPS) is 11.7. The first-order valence-corrected chi connectivity index (χ1v) is 9.67. The average Bonchev–Trinajstić information content (AvgIpc) is 3.47. The fourth-order valence-corrected chi connectivity index (χ4v) is 3.11. The first-order valence-electron chi connectivity index (χ1n) is 9.67. The number of rotatable bonds is 8. The van der Waals surface area contributed by atoms with Crippen molar-refractivity contribution in [2.24, 2.45) is 0 Å². The fraction of sp³-hybridized carbons (Fsp3) is 0.125. The lowest BCUT2D eigenvalue weighted by molar-refractivity contribution is -0.144. The van der Waals surface area contributed by atoms with Gasteiger partial charge in [-0.05, 0) is 29.8 Å². The molecule has 31 heavy (non-hydrogen) atoms. The lowest BCUT2D eigenvalue weighted by Gasteiger charge is -2.17. The molecule has 2 heterocycles. The Balaban J connectivity index is 1.44. The highest BCUT2D eigenvalue weighted by atomic mass is 16.5. The van der Waals surface area contributed by atoms with E-state index in [2.05, 4.69) is 5.32 Å². The number of nitrogens with one attached hydrogen (secondary N) is 1. The van der Waals surface area contributed by atoms with Crippen LogP contribution >= 0.6 is 0 Å². The Kier molecular flexibility index (Phi) is 5.93. The summed E-state index contributed by atoms with van der Waals surface area (Å²) in [5.74, 6) is -1.57. The predicted molar refractivity (Wildman–Crippen MR) is 112 cm³/mol. The van der Waals surface area contributed by atoms with Gasteiger partial charge in [-0.3, -0.25) is 9.59 Å². The van der Waals surface area contributed by atoms with Crippen molar-refractivity contribution in [2.75, 3.05) is 6.61 Å². The number of ether oxygens (including phenoxy) is 1. The van der Waals surface area contributed by atoms with E-state index >= 15 is 0 Å². The van der Waals surface area contributed by atoms with Crippen molar-refractivity contribution in [1.82, 2.24) is 5.32 Å². The van der Waals surface area contributed by atoms with Crippen LogP contribution in [0.1, 0.15) is 26.7 Å². The molecule has 0 aliphatic rings. The van der Waals surface area contributed by atoms with E-state index in [-0.39, 0.29) is 17.9 Å².